The van der Waals surface area contributed by atoms with Crippen LogP contribution in [0.4, 0.5) is 0 Å². The predicted octanol–water partition coefficient (Wildman–Crippen LogP) is 0.537. The number of rotatable bonds is 7. The lowest BCUT2D eigenvalue weighted by Crippen LogP contribution is -2.54. The number of carbonyl (C=O) groups excluding carboxylic acids is 4. The van der Waals surface area contributed by atoms with E-state index in [4.69, 9.17) is 4.74 Å². The minimum Gasteiger partial charge on any atom is -0.467 e. The third kappa shape index (κ3) is 8.50. The van der Waals surface area contributed by atoms with Gasteiger partial charge in [0.15, 0.2) is 0 Å². The van der Waals surface area contributed by atoms with E-state index in [1.807, 2.05) is 0 Å². The molecule has 0 unspecified atom stereocenters. The molecule has 0 aromatic rings. The van der Waals surface area contributed by atoms with Gasteiger partial charge in [-0.05, 0) is 26.7 Å². The third-order valence-electron chi connectivity index (χ3n) is 2.90. The maximum absolute atomic E-state index is 12.3. The molecule has 24 heavy (non-hydrogen) atoms. The van der Waals surface area contributed by atoms with Crippen molar-refractivity contribution >= 4 is 23.8 Å². The average Bonchev–Trinajstić information content (AvgIpc) is 2.40. The Labute approximate surface area is 142 Å². The van der Waals surface area contributed by atoms with Crippen LogP contribution >= 0.6 is 0 Å². The second-order valence-electron chi connectivity index (χ2n) is 6.80. The number of esters is 2. The van der Waals surface area contributed by atoms with Gasteiger partial charge in [0.1, 0.15) is 17.7 Å². The molecule has 0 radical (unpaired) electrons. The van der Waals surface area contributed by atoms with E-state index in [1.165, 1.54) is 6.92 Å². The normalized spacial score (nSPS) is 13.7. The van der Waals surface area contributed by atoms with Crippen LogP contribution in [0.25, 0.3) is 0 Å². The molecule has 2 amide bonds. The summed E-state index contributed by atoms with van der Waals surface area (Å²) in [5.74, 6) is -2.54. The van der Waals surface area contributed by atoms with Crippen molar-refractivity contribution in [3.63, 3.8) is 0 Å². The second-order valence-corrected chi connectivity index (χ2v) is 6.80. The molecule has 0 rings (SSSR count). The zero-order chi connectivity index (χ0) is 19.1. The Balaban J connectivity index is 5.06. The summed E-state index contributed by atoms with van der Waals surface area (Å²) in [6.07, 6.45) is -0.361. The first-order valence-electron chi connectivity index (χ1n) is 7.74. The molecule has 0 aliphatic rings. The van der Waals surface area contributed by atoms with Crippen molar-refractivity contribution in [2.45, 2.75) is 65.6 Å². The predicted molar refractivity (Wildman–Crippen MR) is 86.9 cm³/mol. The van der Waals surface area contributed by atoms with Gasteiger partial charge in [-0.15, -0.1) is 0 Å². The fraction of sp³-hybridized carbons (Fsp3) is 0.750. The summed E-state index contributed by atoms with van der Waals surface area (Å²) >= 11 is 0. The van der Waals surface area contributed by atoms with Crippen molar-refractivity contribution in [3.05, 3.63) is 0 Å². The molecule has 0 aliphatic heterocycles. The molecule has 8 nitrogen and oxygen atoms in total. The van der Waals surface area contributed by atoms with Crippen molar-refractivity contribution in [1.82, 2.24) is 10.6 Å². The van der Waals surface area contributed by atoms with Gasteiger partial charge in [-0.25, -0.2) is 4.79 Å². The van der Waals surface area contributed by atoms with Gasteiger partial charge in [0.25, 0.3) is 0 Å². The summed E-state index contributed by atoms with van der Waals surface area (Å²) in [5, 5.41) is 4.96. The Morgan fingerprint density at radius 2 is 1.58 bits per heavy atom. The van der Waals surface area contributed by atoms with Gasteiger partial charge in [0.05, 0.1) is 13.5 Å². The maximum atomic E-state index is 12.3. The maximum Gasteiger partial charge on any atom is 0.328 e. The third-order valence-corrected chi connectivity index (χ3v) is 2.90. The number of hydrogen-bond donors (Lipinski definition) is 2. The quantitative estimate of drug-likeness (QED) is 0.652. The lowest BCUT2D eigenvalue weighted by atomic mass is 10.0. The van der Waals surface area contributed by atoms with Crippen LogP contribution in [0, 0.1) is 5.92 Å². The molecule has 0 aromatic carbocycles. The summed E-state index contributed by atoms with van der Waals surface area (Å²) in [4.78, 5) is 47.3. The highest BCUT2D eigenvalue weighted by atomic mass is 16.6. The molecule has 0 aromatic heterocycles. The first-order chi connectivity index (χ1) is 10.9. The second kappa shape index (κ2) is 9.24. The van der Waals surface area contributed by atoms with Crippen molar-refractivity contribution in [1.29, 1.82) is 0 Å². The molecule has 0 spiro atoms. The minimum atomic E-state index is -1.19. The molecule has 0 aliphatic carbocycles. The molecule has 2 N–H and O–H groups in total. The van der Waals surface area contributed by atoms with E-state index in [9.17, 15) is 19.2 Å². The molecule has 0 bridgehead atoms. The molecule has 0 saturated carbocycles. The van der Waals surface area contributed by atoms with E-state index in [2.05, 4.69) is 15.4 Å². The molecule has 2 atom stereocenters. The van der Waals surface area contributed by atoms with Crippen molar-refractivity contribution < 1.29 is 28.7 Å². The summed E-state index contributed by atoms with van der Waals surface area (Å²) in [6.45, 7) is 9.89. The lowest BCUT2D eigenvalue weighted by Gasteiger charge is -2.25. The summed E-state index contributed by atoms with van der Waals surface area (Å²) in [7, 11) is 1.16. The van der Waals surface area contributed by atoms with E-state index < -0.39 is 35.5 Å². The van der Waals surface area contributed by atoms with Crippen molar-refractivity contribution in [2.24, 2.45) is 5.92 Å². The number of ether oxygens (including phenoxy) is 2. The van der Waals surface area contributed by atoms with E-state index in [-0.39, 0.29) is 18.2 Å². The van der Waals surface area contributed by atoms with Crippen LogP contribution < -0.4 is 10.6 Å². The minimum absolute atomic E-state index is 0.200. The van der Waals surface area contributed by atoms with E-state index in [0.29, 0.717) is 0 Å². The molecule has 0 heterocycles. The van der Waals surface area contributed by atoms with E-state index >= 15 is 0 Å². The van der Waals surface area contributed by atoms with Gasteiger partial charge in [0, 0.05) is 6.92 Å². The fourth-order valence-electron chi connectivity index (χ4n) is 1.90. The van der Waals surface area contributed by atoms with Gasteiger partial charge in [-0.1, -0.05) is 13.8 Å². The monoisotopic (exact) mass is 344 g/mol. The van der Waals surface area contributed by atoms with Crippen LogP contribution in [-0.2, 0) is 28.7 Å². The van der Waals surface area contributed by atoms with Crippen molar-refractivity contribution in [3.8, 4) is 0 Å². The van der Waals surface area contributed by atoms with Gasteiger partial charge in [-0.2, -0.15) is 0 Å². The Morgan fingerprint density at radius 1 is 1.04 bits per heavy atom. The Kier molecular flexibility index (Phi) is 8.43. The van der Waals surface area contributed by atoms with Gasteiger partial charge < -0.3 is 20.1 Å². The topological polar surface area (TPSA) is 111 Å². The standard InChI is InChI=1S/C16H28N2O6/c1-9(2)13(17-10(3)19)14(21)18-11(15(22)23-7)8-12(20)24-16(4,5)6/h9,11,13H,8H2,1-7H3,(H,17,19)(H,18,21)/t11-,13+/m0/s1. The Hall–Kier alpha value is -2.12. The van der Waals surface area contributed by atoms with Crippen LogP contribution in [0.3, 0.4) is 0 Å². The first kappa shape index (κ1) is 21.9. The molecule has 138 valence electrons. The Bertz CT molecular complexity index is 481. The van der Waals surface area contributed by atoms with Crippen LogP contribution in [0.5, 0.6) is 0 Å². The van der Waals surface area contributed by atoms with E-state index in [1.54, 1.807) is 34.6 Å². The van der Waals surface area contributed by atoms with E-state index in [0.717, 1.165) is 7.11 Å². The molecular weight excluding hydrogens is 316 g/mol. The first-order valence-corrected chi connectivity index (χ1v) is 7.74. The number of amides is 2. The summed E-state index contributed by atoms with van der Waals surface area (Å²) in [5.41, 5.74) is -0.710. The number of methoxy groups -OCH3 is 1. The van der Waals surface area contributed by atoms with Crippen LogP contribution in [0.2, 0.25) is 0 Å². The van der Waals surface area contributed by atoms with Gasteiger partial charge in [0.2, 0.25) is 11.8 Å². The van der Waals surface area contributed by atoms with Crippen LogP contribution in [-0.4, -0.2) is 48.5 Å². The summed E-state index contributed by atoms with van der Waals surface area (Å²) < 4.78 is 9.77. The average molecular weight is 344 g/mol. The lowest BCUT2D eigenvalue weighted by molar-refractivity contribution is -0.159. The van der Waals surface area contributed by atoms with Gasteiger partial charge in [-0.3, -0.25) is 14.4 Å². The molecule has 0 saturated heterocycles. The fourth-order valence-corrected chi connectivity index (χ4v) is 1.90. The zero-order valence-corrected chi connectivity index (χ0v) is 15.4. The molecule has 8 heteroatoms. The SMILES string of the molecule is COC(=O)[C@H](CC(=O)OC(C)(C)C)NC(=O)[C@H](NC(C)=O)C(C)C. The Morgan fingerprint density at radius 3 is 1.96 bits per heavy atom. The van der Waals surface area contributed by atoms with Gasteiger partial charge >= 0.3 is 11.9 Å². The highest BCUT2D eigenvalue weighted by Crippen LogP contribution is 2.10. The number of hydrogen-bond acceptors (Lipinski definition) is 6. The summed E-state index contributed by atoms with van der Waals surface area (Å²) in [6, 6.07) is -2.01. The number of carbonyl (C=O) groups is 4. The van der Waals surface area contributed by atoms with Crippen LogP contribution in [0.15, 0.2) is 0 Å². The largest absolute Gasteiger partial charge is 0.467 e. The highest BCUT2D eigenvalue weighted by molar-refractivity contribution is 5.92. The number of nitrogens with one attached hydrogen (secondary N) is 2. The van der Waals surface area contributed by atoms with Crippen LogP contribution in [0.1, 0.15) is 48.0 Å². The molecule has 0 fully saturated rings. The highest BCUT2D eigenvalue weighted by Gasteiger charge is 2.31. The molecular formula is C16H28N2O6. The zero-order valence-electron chi connectivity index (χ0n) is 15.4. The van der Waals surface area contributed by atoms with Crippen molar-refractivity contribution in [2.75, 3.05) is 7.11 Å². The smallest absolute Gasteiger partial charge is 0.328 e.